The van der Waals surface area contributed by atoms with Crippen LogP contribution >= 0.6 is 0 Å². The van der Waals surface area contributed by atoms with Crippen molar-refractivity contribution in [3.05, 3.63) is 41.3 Å². The fourth-order valence-electron chi connectivity index (χ4n) is 1.14. The van der Waals surface area contributed by atoms with Crippen molar-refractivity contribution in [2.24, 2.45) is 5.41 Å². The summed E-state index contributed by atoms with van der Waals surface area (Å²) in [5.41, 5.74) is -0.390. The number of rotatable bonds is 6. The molecule has 0 spiro atoms. The van der Waals surface area contributed by atoms with Crippen LogP contribution in [0.25, 0.3) is 6.08 Å². The first-order chi connectivity index (χ1) is 8.73. The normalized spacial score (nSPS) is 12.7. The SMILES string of the molecule is CC(C)(CNS(=O)(=O)/C=C/c1ccccc1)C(=O)O. The molecule has 0 aliphatic carbocycles. The number of hydrogen-bond donors (Lipinski definition) is 2. The van der Waals surface area contributed by atoms with Gasteiger partial charge in [-0.05, 0) is 25.5 Å². The zero-order valence-electron chi connectivity index (χ0n) is 10.8. The molecule has 1 rings (SSSR count). The Morgan fingerprint density at radius 2 is 1.89 bits per heavy atom. The Morgan fingerprint density at radius 3 is 2.42 bits per heavy atom. The van der Waals surface area contributed by atoms with E-state index in [1.165, 1.54) is 19.9 Å². The highest BCUT2D eigenvalue weighted by atomic mass is 32.2. The molecule has 6 heteroatoms. The van der Waals surface area contributed by atoms with Crippen LogP contribution in [-0.2, 0) is 14.8 Å². The number of carbonyl (C=O) groups is 1. The van der Waals surface area contributed by atoms with Crippen LogP contribution in [-0.4, -0.2) is 26.0 Å². The molecule has 0 unspecified atom stereocenters. The highest BCUT2D eigenvalue weighted by Gasteiger charge is 2.28. The maximum Gasteiger partial charge on any atom is 0.310 e. The van der Waals surface area contributed by atoms with E-state index in [1.54, 1.807) is 24.3 Å². The molecule has 104 valence electrons. The van der Waals surface area contributed by atoms with E-state index in [0.717, 1.165) is 11.0 Å². The van der Waals surface area contributed by atoms with Crippen molar-refractivity contribution in [2.75, 3.05) is 6.54 Å². The van der Waals surface area contributed by atoms with Crippen LogP contribution in [0.4, 0.5) is 0 Å². The Kier molecular flexibility index (Phi) is 4.85. The largest absolute Gasteiger partial charge is 0.481 e. The lowest BCUT2D eigenvalue weighted by molar-refractivity contribution is -0.146. The second-order valence-corrected chi connectivity index (χ2v) is 6.42. The maximum atomic E-state index is 11.7. The fraction of sp³-hybridized carbons (Fsp3) is 0.308. The molecule has 0 aromatic heterocycles. The first kappa shape index (κ1) is 15.4. The van der Waals surface area contributed by atoms with E-state index >= 15 is 0 Å². The van der Waals surface area contributed by atoms with Gasteiger partial charge in [0.25, 0.3) is 0 Å². The topological polar surface area (TPSA) is 83.5 Å². The Morgan fingerprint density at radius 1 is 1.32 bits per heavy atom. The fourth-order valence-corrected chi connectivity index (χ4v) is 2.13. The van der Waals surface area contributed by atoms with Crippen molar-refractivity contribution in [1.29, 1.82) is 0 Å². The number of nitrogens with one attached hydrogen (secondary N) is 1. The number of carboxylic acid groups (broad SMARTS) is 1. The number of benzene rings is 1. The van der Waals surface area contributed by atoms with Crippen molar-refractivity contribution in [1.82, 2.24) is 4.72 Å². The molecular weight excluding hydrogens is 266 g/mol. The predicted octanol–water partition coefficient (Wildman–Crippen LogP) is 1.69. The smallest absolute Gasteiger partial charge is 0.310 e. The number of hydrogen-bond acceptors (Lipinski definition) is 3. The van der Waals surface area contributed by atoms with E-state index in [4.69, 9.17) is 5.11 Å². The molecule has 1 aromatic rings. The van der Waals surface area contributed by atoms with Crippen LogP contribution in [0, 0.1) is 5.41 Å². The van der Waals surface area contributed by atoms with E-state index < -0.39 is 21.4 Å². The molecule has 0 aliphatic rings. The molecule has 0 amide bonds. The molecule has 0 saturated carbocycles. The van der Waals surface area contributed by atoms with Crippen LogP contribution in [0.3, 0.4) is 0 Å². The third-order valence-electron chi connectivity index (χ3n) is 2.53. The lowest BCUT2D eigenvalue weighted by atomic mass is 9.95. The molecule has 0 atom stereocenters. The summed E-state index contributed by atoms with van der Waals surface area (Å²) < 4.78 is 25.6. The minimum absolute atomic E-state index is 0.163. The second-order valence-electron chi connectivity index (χ2n) is 4.77. The van der Waals surface area contributed by atoms with Crippen LogP contribution in [0.1, 0.15) is 19.4 Å². The molecule has 0 aliphatic heterocycles. The molecule has 19 heavy (non-hydrogen) atoms. The Balaban J connectivity index is 2.68. The zero-order chi connectivity index (χ0) is 14.5. The van der Waals surface area contributed by atoms with Gasteiger partial charge in [0.1, 0.15) is 0 Å². The monoisotopic (exact) mass is 283 g/mol. The average molecular weight is 283 g/mol. The third-order valence-corrected chi connectivity index (χ3v) is 3.57. The lowest BCUT2D eigenvalue weighted by Crippen LogP contribution is -2.38. The van der Waals surface area contributed by atoms with Crippen LogP contribution in [0.2, 0.25) is 0 Å². The minimum Gasteiger partial charge on any atom is -0.481 e. The van der Waals surface area contributed by atoms with Crippen molar-refractivity contribution in [2.45, 2.75) is 13.8 Å². The highest BCUT2D eigenvalue weighted by molar-refractivity contribution is 7.92. The van der Waals surface area contributed by atoms with E-state index in [1.807, 2.05) is 6.07 Å². The van der Waals surface area contributed by atoms with Crippen molar-refractivity contribution < 1.29 is 18.3 Å². The summed E-state index contributed by atoms with van der Waals surface area (Å²) in [4.78, 5) is 10.9. The maximum absolute atomic E-state index is 11.7. The van der Waals surface area contributed by atoms with Gasteiger partial charge in [-0.25, -0.2) is 13.1 Å². The van der Waals surface area contributed by atoms with Gasteiger partial charge in [-0.1, -0.05) is 30.3 Å². The van der Waals surface area contributed by atoms with Gasteiger partial charge in [-0.2, -0.15) is 0 Å². The summed E-state index contributed by atoms with van der Waals surface area (Å²) >= 11 is 0. The standard InChI is InChI=1S/C13H17NO4S/c1-13(2,12(15)16)10-14-19(17,18)9-8-11-6-4-3-5-7-11/h3-9,14H,10H2,1-2H3,(H,15,16)/b9-8+. The van der Waals surface area contributed by atoms with Crippen molar-refractivity contribution in [3.8, 4) is 0 Å². The minimum atomic E-state index is -3.64. The quantitative estimate of drug-likeness (QED) is 0.832. The molecule has 0 bridgehead atoms. The van der Waals surface area contributed by atoms with Crippen LogP contribution < -0.4 is 4.72 Å². The van der Waals surface area contributed by atoms with Gasteiger partial charge < -0.3 is 5.11 Å². The molecule has 0 heterocycles. The molecular formula is C13H17NO4S. The van der Waals surface area contributed by atoms with E-state index in [-0.39, 0.29) is 6.54 Å². The molecule has 1 aromatic carbocycles. The summed E-state index contributed by atoms with van der Waals surface area (Å²) in [6, 6.07) is 8.97. The summed E-state index contributed by atoms with van der Waals surface area (Å²) in [7, 11) is -3.64. The van der Waals surface area contributed by atoms with Gasteiger partial charge in [0.2, 0.25) is 10.0 Å². The van der Waals surface area contributed by atoms with Crippen molar-refractivity contribution >= 4 is 22.1 Å². The molecule has 0 radical (unpaired) electrons. The Labute approximate surface area is 113 Å². The second kappa shape index (κ2) is 5.99. The zero-order valence-corrected chi connectivity index (χ0v) is 11.6. The van der Waals surface area contributed by atoms with Gasteiger partial charge in [-0.15, -0.1) is 0 Å². The number of aliphatic carboxylic acids is 1. The van der Waals surface area contributed by atoms with E-state index in [2.05, 4.69) is 4.72 Å². The Bertz CT molecular complexity index is 562. The first-order valence-electron chi connectivity index (χ1n) is 5.69. The van der Waals surface area contributed by atoms with Gasteiger partial charge in [0.05, 0.1) is 5.41 Å². The van der Waals surface area contributed by atoms with Crippen LogP contribution in [0.15, 0.2) is 35.7 Å². The molecule has 0 fully saturated rings. The summed E-state index contributed by atoms with van der Waals surface area (Å²) in [5.74, 6) is -1.05. The van der Waals surface area contributed by atoms with E-state index in [9.17, 15) is 13.2 Å². The summed E-state index contributed by atoms with van der Waals surface area (Å²) in [6.07, 6.45) is 1.45. The van der Waals surface area contributed by atoms with Gasteiger partial charge in [0.15, 0.2) is 0 Å². The van der Waals surface area contributed by atoms with Crippen LogP contribution in [0.5, 0.6) is 0 Å². The first-order valence-corrected chi connectivity index (χ1v) is 7.24. The average Bonchev–Trinajstić information content (AvgIpc) is 2.36. The van der Waals surface area contributed by atoms with Gasteiger partial charge in [-0.3, -0.25) is 4.79 Å². The van der Waals surface area contributed by atoms with Gasteiger partial charge >= 0.3 is 5.97 Å². The molecule has 0 saturated heterocycles. The van der Waals surface area contributed by atoms with Gasteiger partial charge in [0, 0.05) is 12.0 Å². The third kappa shape index (κ3) is 5.23. The lowest BCUT2D eigenvalue weighted by Gasteiger charge is -2.18. The van der Waals surface area contributed by atoms with E-state index in [0.29, 0.717) is 0 Å². The molecule has 5 nitrogen and oxygen atoms in total. The summed E-state index contributed by atoms with van der Waals surface area (Å²) in [6.45, 7) is 2.75. The molecule has 2 N–H and O–H groups in total. The highest BCUT2D eigenvalue weighted by Crippen LogP contribution is 2.14. The van der Waals surface area contributed by atoms with Crippen molar-refractivity contribution in [3.63, 3.8) is 0 Å². The summed E-state index contributed by atoms with van der Waals surface area (Å²) in [5, 5.41) is 9.92. The Hall–Kier alpha value is -1.66. The predicted molar refractivity (Wildman–Crippen MR) is 73.8 cm³/mol. The number of carboxylic acids is 1. The number of sulfonamides is 1.